The highest BCUT2D eigenvalue weighted by Crippen LogP contribution is 2.31. The number of benzene rings is 1. The van der Waals surface area contributed by atoms with Gasteiger partial charge in [-0.2, -0.15) is 0 Å². The lowest BCUT2D eigenvalue weighted by Crippen LogP contribution is -2.46. The Hall–Kier alpha value is -2.24. The molecule has 138 valence electrons. The zero-order valence-electron chi connectivity index (χ0n) is 15.2. The summed E-state index contributed by atoms with van der Waals surface area (Å²) in [7, 11) is 0. The molecular formula is C19H27NO5. The second kappa shape index (κ2) is 8.74. The molecule has 1 aromatic carbocycles. The van der Waals surface area contributed by atoms with Crippen LogP contribution in [0.3, 0.4) is 0 Å². The summed E-state index contributed by atoms with van der Waals surface area (Å²) < 4.78 is 10.8. The van der Waals surface area contributed by atoms with E-state index in [1.807, 2.05) is 11.8 Å². The fraction of sp³-hybridized carbons (Fsp3) is 0.579. The highest BCUT2D eigenvalue weighted by atomic mass is 16.5. The number of carbonyl (C=O) groups is 2. The van der Waals surface area contributed by atoms with Crippen molar-refractivity contribution >= 4 is 11.9 Å². The molecule has 1 aliphatic heterocycles. The van der Waals surface area contributed by atoms with Crippen molar-refractivity contribution < 1.29 is 24.2 Å². The predicted octanol–water partition coefficient (Wildman–Crippen LogP) is 3.20. The lowest BCUT2D eigenvalue weighted by Gasteiger charge is -2.38. The van der Waals surface area contributed by atoms with Gasteiger partial charge in [-0.1, -0.05) is 13.8 Å². The van der Waals surface area contributed by atoms with Gasteiger partial charge in [-0.3, -0.25) is 4.79 Å². The molecule has 0 saturated carbocycles. The first-order valence-electron chi connectivity index (χ1n) is 8.86. The number of ether oxygens (including phenoxy) is 2. The number of likely N-dealkylation sites (tertiary alicyclic amines) is 1. The van der Waals surface area contributed by atoms with E-state index in [1.54, 1.807) is 18.2 Å². The Balaban J connectivity index is 2.23. The van der Waals surface area contributed by atoms with Crippen molar-refractivity contribution in [2.24, 2.45) is 5.92 Å². The number of carboxylic acids is 1. The summed E-state index contributed by atoms with van der Waals surface area (Å²) >= 11 is 0. The normalized spacial score (nSPS) is 17.4. The predicted molar refractivity (Wildman–Crippen MR) is 94.3 cm³/mol. The van der Waals surface area contributed by atoms with Crippen molar-refractivity contribution in [1.29, 1.82) is 0 Å². The Morgan fingerprint density at radius 2 is 2.00 bits per heavy atom. The highest BCUT2D eigenvalue weighted by molar-refractivity contribution is 5.95. The molecular weight excluding hydrogens is 322 g/mol. The van der Waals surface area contributed by atoms with Crippen LogP contribution in [-0.4, -0.2) is 47.7 Å². The van der Waals surface area contributed by atoms with Crippen LogP contribution in [0.4, 0.5) is 0 Å². The molecule has 6 nitrogen and oxygen atoms in total. The molecule has 25 heavy (non-hydrogen) atoms. The molecule has 0 aliphatic carbocycles. The molecule has 0 spiro atoms. The van der Waals surface area contributed by atoms with Crippen molar-refractivity contribution in [2.45, 2.75) is 46.1 Å². The van der Waals surface area contributed by atoms with E-state index in [0.29, 0.717) is 29.6 Å². The van der Waals surface area contributed by atoms with Crippen molar-refractivity contribution in [3.8, 4) is 11.5 Å². The topological polar surface area (TPSA) is 76.1 Å². The zero-order valence-corrected chi connectivity index (χ0v) is 15.2. The van der Waals surface area contributed by atoms with Crippen LogP contribution >= 0.6 is 0 Å². The van der Waals surface area contributed by atoms with Crippen LogP contribution in [0.1, 0.15) is 50.4 Å². The SMILES string of the molecule is CCOc1cc(C(=O)N2CCCCC2C(C)C)ccc1OCC(=O)O. The average Bonchev–Trinajstić information content (AvgIpc) is 2.60. The van der Waals surface area contributed by atoms with Gasteiger partial charge in [0.05, 0.1) is 6.61 Å². The van der Waals surface area contributed by atoms with Crippen LogP contribution in [0.15, 0.2) is 18.2 Å². The fourth-order valence-electron chi connectivity index (χ4n) is 3.24. The zero-order chi connectivity index (χ0) is 18.4. The monoisotopic (exact) mass is 349 g/mol. The van der Waals surface area contributed by atoms with Gasteiger partial charge < -0.3 is 19.5 Å². The summed E-state index contributed by atoms with van der Waals surface area (Å²) in [5.74, 6) is 0.0705. The quantitative estimate of drug-likeness (QED) is 0.818. The number of hydrogen-bond donors (Lipinski definition) is 1. The molecule has 1 heterocycles. The third-order valence-corrected chi connectivity index (χ3v) is 4.42. The van der Waals surface area contributed by atoms with E-state index in [2.05, 4.69) is 13.8 Å². The van der Waals surface area contributed by atoms with E-state index in [-0.39, 0.29) is 11.9 Å². The number of aliphatic carboxylic acids is 1. The summed E-state index contributed by atoms with van der Waals surface area (Å²) in [5.41, 5.74) is 0.540. The molecule has 0 radical (unpaired) electrons. The van der Waals surface area contributed by atoms with Gasteiger partial charge in [-0.05, 0) is 50.3 Å². The molecule has 1 aromatic rings. The molecule has 2 rings (SSSR count). The Labute approximate surface area is 148 Å². The first kappa shape index (κ1) is 19.1. The third-order valence-electron chi connectivity index (χ3n) is 4.42. The molecule has 1 N–H and O–H groups in total. The van der Waals surface area contributed by atoms with Crippen LogP contribution in [0.5, 0.6) is 11.5 Å². The van der Waals surface area contributed by atoms with Crippen molar-refractivity contribution in [3.63, 3.8) is 0 Å². The maximum Gasteiger partial charge on any atom is 0.341 e. The summed E-state index contributed by atoms with van der Waals surface area (Å²) in [6.07, 6.45) is 3.20. The number of hydrogen-bond acceptors (Lipinski definition) is 4. The Morgan fingerprint density at radius 1 is 1.24 bits per heavy atom. The van der Waals surface area contributed by atoms with Gasteiger partial charge in [0.25, 0.3) is 5.91 Å². The van der Waals surface area contributed by atoms with Crippen LogP contribution < -0.4 is 9.47 Å². The lowest BCUT2D eigenvalue weighted by atomic mass is 9.92. The maximum atomic E-state index is 13.0. The number of rotatable bonds is 7. The minimum absolute atomic E-state index is 0.0101. The number of amides is 1. The van der Waals surface area contributed by atoms with Gasteiger partial charge in [0.1, 0.15) is 0 Å². The van der Waals surface area contributed by atoms with Crippen LogP contribution in [0.2, 0.25) is 0 Å². The maximum absolute atomic E-state index is 13.0. The van der Waals surface area contributed by atoms with Gasteiger partial charge in [-0.25, -0.2) is 4.79 Å². The average molecular weight is 349 g/mol. The molecule has 0 bridgehead atoms. The largest absolute Gasteiger partial charge is 0.490 e. The van der Waals surface area contributed by atoms with E-state index in [9.17, 15) is 9.59 Å². The second-order valence-corrected chi connectivity index (χ2v) is 6.58. The summed E-state index contributed by atoms with van der Waals surface area (Å²) in [6, 6.07) is 5.18. The number of carbonyl (C=O) groups excluding carboxylic acids is 1. The molecule has 1 aliphatic rings. The number of piperidine rings is 1. The van der Waals surface area contributed by atoms with Crippen molar-refractivity contribution in [2.75, 3.05) is 19.8 Å². The third kappa shape index (κ3) is 4.87. The second-order valence-electron chi connectivity index (χ2n) is 6.58. The van der Waals surface area contributed by atoms with E-state index in [0.717, 1.165) is 25.8 Å². The highest BCUT2D eigenvalue weighted by Gasteiger charge is 2.29. The first-order valence-corrected chi connectivity index (χ1v) is 8.86. The summed E-state index contributed by atoms with van der Waals surface area (Å²) in [6.45, 7) is 6.83. The van der Waals surface area contributed by atoms with E-state index in [4.69, 9.17) is 14.6 Å². The Morgan fingerprint density at radius 3 is 2.64 bits per heavy atom. The fourth-order valence-corrected chi connectivity index (χ4v) is 3.24. The van der Waals surface area contributed by atoms with Gasteiger partial charge in [0, 0.05) is 18.2 Å². The Bertz CT molecular complexity index is 614. The van der Waals surface area contributed by atoms with E-state index in [1.165, 1.54) is 0 Å². The number of nitrogens with zero attached hydrogens (tertiary/aromatic N) is 1. The molecule has 1 fully saturated rings. The molecule has 1 saturated heterocycles. The molecule has 0 aromatic heterocycles. The van der Waals surface area contributed by atoms with Crippen LogP contribution in [0, 0.1) is 5.92 Å². The van der Waals surface area contributed by atoms with Gasteiger partial charge in [-0.15, -0.1) is 0 Å². The van der Waals surface area contributed by atoms with Crippen molar-refractivity contribution in [1.82, 2.24) is 4.90 Å². The summed E-state index contributed by atoms with van der Waals surface area (Å²) in [4.78, 5) is 25.6. The first-order chi connectivity index (χ1) is 11.9. The van der Waals surface area contributed by atoms with E-state index < -0.39 is 12.6 Å². The smallest absolute Gasteiger partial charge is 0.341 e. The molecule has 1 unspecified atom stereocenters. The minimum Gasteiger partial charge on any atom is -0.490 e. The molecule has 1 amide bonds. The van der Waals surface area contributed by atoms with Crippen LogP contribution in [0.25, 0.3) is 0 Å². The standard InChI is InChI=1S/C19H27NO5/c1-4-24-17-11-14(8-9-16(17)25-12-18(21)22)19(23)20-10-6-5-7-15(20)13(2)3/h8-9,11,13,15H,4-7,10,12H2,1-3H3,(H,21,22). The Kier molecular flexibility index (Phi) is 6.67. The van der Waals surface area contributed by atoms with Gasteiger partial charge in [0.15, 0.2) is 18.1 Å². The molecule has 1 atom stereocenters. The molecule has 6 heteroatoms. The van der Waals surface area contributed by atoms with E-state index >= 15 is 0 Å². The summed E-state index contributed by atoms with van der Waals surface area (Å²) in [5, 5.41) is 8.76. The van der Waals surface area contributed by atoms with Gasteiger partial charge in [0.2, 0.25) is 0 Å². The van der Waals surface area contributed by atoms with Crippen molar-refractivity contribution in [3.05, 3.63) is 23.8 Å². The van der Waals surface area contributed by atoms with Gasteiger partial charge >= 0.3 is 5.97 Å². The number of carboxylic acid groups (broad SMARTS) is 1. The lowest BCUT2D eigenvalue weighted by molar-refractivity contribution is -0.139. The van der Waals surface area contributed by atoms with Crippen LogP contribution in [-0.2, 0) is 4.79 Å². The minimum atomic E-state index is -1.06.